The van der Waals surface area contributed by atoms with Gasteiger partial charge in [-0.3, -0.25) is 19.7 Å². The third-order valence-electron chi connectivity index (χ3n) is 3.12. The summed E-state index contributed by atoms with van der Waals surface area (Å²) in [5.74, 6) is -1.32. The van der Waals surface area contributed by atoms with E-state index in [1.807, 2.05) is 0 Å². The van der Waals surface area contributed by atoms with Crippen molar-refractivity contribution in [2.45, 2.75) is 25.3 Å². The number of rotatable bonds is 6. The van der Waals surface area contributed by atoms with Gasteiger partial charge >= 0.3 is 5.97 Å². The van der Waals surface area contributed by atoms with Gasteiger partial charge in [-0.15, -0.1) is 0 Å². The Morgan fingerprint density at radius 2 is 2.10 bits per heavy atom. The van der Waals surface area contributed by atoms with Gasteiger partial charge in [0.25, 0.3) is 11.6 Å². The number of carboxylic acids is 1. The van der Waals surface area contributed by atoms with Gasteiger partial charge in [0.1, 0.15) is 0 Å². The largest absolute Gasteiger partial charge is 0.481 e. The van der Waals surface area contributed by atoms with Gasteiger partial charge in [0.2, 0.25) is 0 Å². The molecule has 20 heavy (non-hydrogen) atoms. The van der Waals surface area contributed by atoms with E-state index in [0.29, 0.717) is 0 Å². The maximum atomic E-state index is 12.3. The minimum atomic E-state index is -0.970. The predicted octanol–water partition coefficient (Wildman–Crippen LogP) is 1.67. The second-order valence-electron chi connectivity index (χ2n) is 4.68. The van der Waals surface area contributed by atoms with Crippen LogP contribution >= 0.6 is 0 Å². The molecule has 0 unspecified atom stereocenters. The van der Waals surface area contributed by atoms with Crippen LogP contribution < -0.4 is 0 Å². The monoisotopic (exact) mass is 278 g/mol. The van der Waals surface area contributed by atoms with Crippen LogP contribution in [-0.4, -0.2) is 39.4 Å². The zero-order valence-corrected chi connectivity index (χ0v) is 10.7. The van der Waals surface area contributed by atoms with E-state index in [2.05, 4.69) is 0 Å². The summed E-state index contributed by atoms with van der Waals surface area (Å²) in [6.45, 7) is 0.127. The van der Waals surface area contributed by atoms with Crippen molar-refractivity contribution in [2.24, 2.45) is 0 Å². The molecule has 0 saturated heterocycles. The number of nitrogens with zero attached hydrogens (tertiary/aromatic N) is 2. The standard InChI is InChI=1S/C13H14N2O5/c16-12(17)6-7-14(10-4-5-10)13(18)9-2-1-3-11(8-9)15(19)20/h1-3,8,10H,4-7H2,(H,16,17). The highest BCUT2D eigenvalue weighted by molar-refractivity contribution is 5.95. The van der Waals surface area contributed by atoms with Crippen LogP contribution in [0.2, 0.25) is 0 Å². The number of carboxylic acid groups (broad SMARTS) is 1. The molecule has 1 aliphatic rings. The number of nitro benzene ring substituents is 1. The Labute approximate surface area is 115 Å². The summed E-state index contributed by atoms with van der Waals surface area (Å²) in [4.78, 5) is 34.6. The smallest absolute Gasteiger partial charge is 0.305 e. The quantitative estimate of drug-likeness (QED) is 0.630. The van der Waals surface area contributed by atoms with Crippen molar-refractivity contribution < 1.29 is 19.6 Å². The summed E-state index contributed by atoms with van der Waals surface area (Å²) in [7, 11) is 0. The highest BCUT2D eigenvalue weighted by Crippen LogP contribution is 2.29. The summed E-state index contributed by atoms with van der Waals surface area (Å²) in [6.07, 6.45) is 1.57. The summed E-state index contributed by atoms with van der Waals surface area (Å²) < 4.78 is 0. The third-order valence-corrected chi connectivity index (χ3v) is 3.12. The van der Waals surface area contributed by atoms with Gasteiger partial charge in [-0.25, -0.2) is 0 Å². The Hall–Kier alpha value is -2.44. The van der Waals surface area contributed by atoms with E-state index < -0.39 is 10.9 Å². The Morgan fingerprint density at radius 3 is 2.65 bits per heavy atom. The fourth-order valence-corrected chi connectivity index (χ4v) is 1.97. The average Bonchev–Trinajstić information content (AvgIpc) is 3.23. The molecule has 0 aromatic heterocycles. The number of carbonyl (C=O) groups excluding carboxylic acids is 1. The molecule has 0 aliphatic heterocycles. The lowest BCUT2D eigenvalue weighted by Gasteiger charge is -2.21. The molecule has 1 fully saturated rings. The molecule has 1 aromatic rings. The van der Waals surface area contributed by atoms with E-state index in [4.69, 9.17) is 5.11 Å². The Kier molecular flexibility index (Phi) is 3.97. The molecule has 0 bridgehead atoms. The molecule has 106 valence electrons. The van der Waals surface area contributed by atoms with Crippen molar-refractivity contribution in [1.29, 1.82) is 0 Å². The van der Waals surface area contributed by atoms with Crippen molar-refractivity contribution >= 4 is 17.6 Å². The van der Waals surface area contributed by atoms with Crippen LogP contribution in [0.5, 0.6) is 0 Å². The van der Waals surface area contributed by atoms with Crippen molar-refractivity contribution in [3.05, 3.63) is 39.9 Å². The summed E-state index contributed by atoms with van der Waals surface area (Å²) in [6, 6.07) is 5.55. The molecular weight excluding hydrogens is 264 g/mol. The second-order valence-corrected chi connectivity index (χ2v) is 4.68. The highest BCUT2D eigenvalue weighted by atomic mass is 16.6. The van der Waals surface area contributed by atoms with Crippen molar-refractivity contribution in [3.63, 3.8) is 0 Å². The third kappa shape index (κ3) is 3.31. The first-order valence-electron chi connectivity index (χ1n) is 6.26. The molecule has 1 aliphatic carbocycles. The molecule has 0 atom stereocenters. The molecular formula is C13H14N2O5. The van der Waals surface area contributed by atoms with Gasteiger partial charge in [-0.05, 0) is 18.9 Å². The highest BCUT2D eigenvalue weighted by Gasteiger charge is 2.33. The number of carbonyl (C=O) groups is 2. The van der Waals surface area contributed by atoms with Crippen LogP contribution in [0.3, 0.4) is 0 Å². The minimum absolute atomic E-state index is 0.0566. The van der Waals surface area contributed by atoms with Crippen LogP contribution in [-0.2, 0) is 4.79 Å². The fourth-order valence-electron chi connectivity index (χ4n) is 1.97. The molecule has 1 saturated carbocycles. The van der Waals surface area contributed by atoms with Gasteiger partial charge in [0.15, 0.2) is 0 Å². The maximum absolute atomic E-state index is 12.3. The number of non-ortho nitro benzene ring substituents is 1. The van der Waals surface area contributed by atoms with Crippen LogP contribution in [0, 0.1) is 10.1 Å². The molecule has 2 rings (SSSR count). The van der Waals surface area contributed by atoms with Gasteiger partial charge in [0, 0.05) is 30.3 Å². The Balaban J connectivity index is 2.16. The van der Waals surface area contributed by atoms with Crippen LogP contribution in [0.4, 0.5) is 5.69 Å². The van der Waals surface area contributed by atoms with Gasteiger partial charge < -0.3 is 10.0 Å². The number of aliphatic carboxylic acids is 1. The van der Waals surface area contributed by atoms with E-state index in [1.54, 1.807) is 0 Å². The van der Waals surface area contributed by atoms with Gasteiger partial charge in [0.05, 0.1) is 11.3 Å². The van der Waals surface area contributed by atoms with E-state index >= 15 is 0 Å². The molecule has 0 spiro atoms. The molecule has 7 heteroatoms. The van der Waals surface area contributed by atoms with Crippen molar-refractivity contribution in [1.82, 2.24) is 4.90 Å². The van der Waals surface area contributed by atoms with E-state index in [9.17, 15) is 19.7 Å². The lowest BCUT2D eigenvalue weighted by Crippen LogP contribution is -2.35. The van der Waals surface area contributed by atoms with E-state index in [1.165, 1.54) is 29.2 Å². The molecule has 1 amide bonds. The van der Waals surface area contributed by atoms with Crippen LogP contribution in [0.25, 0.3) is 0 Å². The maximum Gasteiger partial charge on any atom is 0.305 e. The van der Waals surface area contributed by atoms with Crippen molar-refractivity contribution in [3.8, 4) is 0 Å². The molecule has 1 aromatic carbocycles. The lowest BCUT2D eigenvalue weighted by atomic mass is 10.1. The molecule has 0 heterocycles. The molecule has 0 radical (unpaired) electrons. The number of nitro groups is 1. The molecule has 1 N–H and O–H groups in total. The number of amides is 1. The normalized spacial score (nSPS) is 13.8. The molecule has 7 nitrogen and oxygen atoms in total. The Bertz CT molecular complexity index is 553. The summed E-state index contributed by atoms with van der Waals surface area (Å²) in [5, 5.41) is 19.4. The SMILES string of the molecule is O=C(O)CCN(C(=O)c1cccc([N+](=O)[O-])c1)C1CC1. The van der Waals surface area contributed by atoms with Crippen LogP contribution in [0.15, 0.2) is 24.3 Å². The van der Waals surface area contributed by atoms with Crippen LogP contribution in [0.1, 0.15) is 29.6 Å². The second kappa shape index (κ2) is 5.68. The Morgan fingerprint density at radius 1 is 1.40 bits per heavy atom. The number of hydrogen-bond donors (Lipinski definition) is 1. The van der Waals surface area contributed by atoms with E-state index in [0.717, 1.165) is 12.8 Å². The zero-order chi connectivity index (χ0) is 14.7. The first kappa shape index (κ1) is 14.0. The van der Waals surface area contributed by atoms with Gasteiger partial charge in [-0.2, -0.15) is 0 Å². The lowest BCUT2D eigenvalue weighted by molar-refractivity contribution is -0.384. The summed E-state index contributed by atoms with van der Waals surface area (Å²) >= 11 is 0. The minimum Gasteiger partial charge on any atom is -0.481 e. The van der Waals surface area contributed by atoms with Gasteiger partial charge in [-0.1, -0.05) is 6.07 Å². The van der Waals surface area contributed by atoms with E-state index in [-0.39, 0.29) is 36.2 Å². The number of benzene rings is 1. The topological polar surface area (TPSA) is 101 Å². The first-order valence-corrected chi connectivity index (χ1v) is 6.26. The first-order chi connectivity index (χ1) is 9.49. The number of hydrogen-bond acceptors (Lipinski definition) is 4. The predicted molar refractivity (Wildman–Crippen MR) is 69.4 cm³/mol. The zero-order valence-electron chi connectivity index (χ0n) is 10.7. The fraction of sp³-hybridized carbons (Fsp3) is 0.385. The average molecular weight is 278 g/mol. The summed E-state index contributed by atoms with van der Waals surface area (Å²) in [5.41, 5.74) is 0.0707. The van der Waals surface area contributed by atoms with Crippen molar-refractivity contribution in [2.75, 3.05) is 6.54 Å².